The van der Waals surface area contributed by atoms with Gasteiger partial charge in [-0.25, -0.2) is 4.79 Å². The van der Waals surface area contributed by atoms with Crippen LogP contribution in [0.4, 0.5) is 25.0 Å². The monoisotopic (exact) mass is 508 g/mol. The molecule has 1 unspecified atom stereocenters. The Labute approximate surface area is 204 Å². The number of aliphatic hydroxyl groups is 1. The van der Waals surface area contributed by atoms with Gasteiger partial charge in [0.15, 0.2) is 5.72 Å². The number of halogens is 4. The van der Waals surface area contributed by atoms with Crippen molar-refractivity contribution in [3.05, 3.63) is 88.4 Å². The second kappa shape index (κ2) is 9.76. The van der Waals surface area contributed by atoms with Crippen molar-refractivity contribution >= 4 is 40.6 Å². The molecule has 1 heterocycles. The van der Waals surface area contributed by atoms with Gasteiger partial charge in [0, 0.05) is 34.1 Å². The summed E-state index contributed by atoms with van der Waals surface area (Å²) in [6.45, 7) is -3.13. The fourth-order valence-electron chi connectivity index (χ4n) is 4.08. The lowest BCUT2D eigenvalue weighted by Crippen LogP contribution is -2.51. The van der Waals surface area contributed by atoms with Gasteiger partial charge in [-0.2, -0.15) is 8.78 Å². The number of ether oxygens (including phenoxy) is 2. The number of hydrogen-bond acceptors (Lipinski definition) is 4. The first-order chi connectivity index (χ1) is 16.3. The van der Waals surface area contributed by atoms with E-state index < -0.39 is 24.4 Å². The van der Waals surface area contributed by atoms with Crippen LogP contribution in [-0.4, -0.2) is 37.5 Å². The number of urea groups is 1. The smallest absolute Gasteiger partial charge is 0.387 e. The molecule has 0 radical (unpaired) electrons. The third kappa shape index (κ3) is 4.42. The first-order valence-corrected chi connectivity index (χ1v) is 10.9. The highest BCUT2D eigenvalue weighted by molar-refractivity contribution is 6.31. The van der Waals surface area contributed by atoms with E-state index in [4.69, 9.17) is 27.9 Å². The van der Waals surface area contributed by atoms with Crippen molar-refractivity contribution in [1.82, 2.24) is 0 Å². The topological polar surface area (TPSA) is 62.2 Å². The number of nitrogens with zero attached hydrogens (tertiary/aromatic N) is 2. The average Bonchev–Trinajstić information content (AvgIpc) is 3.02. The highest BCUT2D eigenvalue weighted by Gasteiger charge is 2.59. The Kier molecular flexibility index (Phi) is 6.95. The lowest BCUT2D eigenvalue weighted by atomic mass is 9.93. The third-order valence-electron chi connectivity index (χ3n) is 5.51. The van der Waals surface area contributed by atoms with Crippen LogP contribution in [0, 0.1) is 0 Å². The van der Waals surface area contributed by atoms with Crippen LogP contribution >= 0.6 is 23.2 Å². The maximum absolute atomic E-state index is 13.8. The minimum atomic E-state index is -3.05. The van der Waals surface area contributed by atoms with Gasteiger partial charge >= 0.3 is 12.6 Å². The minimum Gasteiger partial charge on any atom is -0.435 e. The summed E-state index contributed by atoms with van der Waals surface area (Å²) in [5, 5.41) is 13.1. The van der Waals surface area contributed by atoms with Crippen LogP contribution in [0.2, 0.25) is 10.0 Å². The second-order valence-corrected chi connectivity index (χ2v) is 8.42. The molecule has 1 aliphatic heterocycles. The summed E-state index contributed by atoms with van der Waals surface area (Å²) >= 11 is 12.1. The molecule has 178 valence electrons. The van der Waals surface area contributed by atoms with Gasteiger partial charge in [0.1, 0.15) is 11.8 Å². The molecule has 6 nitrogen and oxygen atoms in total. The fraction of sp³-hybridized carbons (Fsp3) is 0.208. The number of carbonyl (C=O) groups excluding carboxylic acids is 1. The highest BCUT2D eigenvalue weighted by atomic mass is 35.5. The summed E-state index contributed by atoms with van der Waals surface area (Å²) in [5.41, 5.74) is -1.06. The summed E-state index contributed by atoms with van der Waals surface area (Å²) < 4.78 is 35.7. The quantitative estimate of drug-likeness (QED) is 0.431. The van der Waals surface area contributed by atoms with Crippen LogP contribution in [0.25, 0.3) is 0 Å². The molecular weight excluding hydrogens is 489 g/mol. The second-order valence-electron chi connectivity index (χ2n) is 7.54. The molecule has 0 aromatic heterocycles. The zero-order valence-corrected chi connectivity index (χ0v) is 19.4. The van der Waals surface area contributed by atoms with Gasteiger partial charge in [-0.05, 0) is 60.7 Å². The normalized spacial score (nSPS) is 20.3. The molecule has 10 heteroatoms. The van der Waals surface area contributed by atoms with E-state index in [2.05, 4.69) is 4.74 Å². The number of benzene rings is 3. The van der Waals surface area contributed by atoms with Crippen LogP contribution in [0.15, 0.2) is 72.8 Å². The molecule has 1 saturated heterocycles. The molecule has 1 fully saturated rings. The van der Waals surface area contributed by atoms with Gasteiger partial charge in [0.25, 0.3) is 0 Å². The van der Waals surface area contributed by atoms with E-state index in [1.807, 2.05) is 0 Å². The summed E-state index contributed by atoms with van der Waals surface area (Å²) in [6.07, 6.45) is 0. The lowest BCUT2D eigenvalue weighted by molar-refractivity contribution is -0.0504. The molecule has 0 aliphatic carbocycles. The molecule has 0 saturated carbocycles. The zero-order chi connectivity index (χ0) is 24.5. The number of alkyl halides is 2. The van der Waals surface area contributed by atoms with E-state index in [1.54, 1.807) is 48.5 Å². The molecule has 3 aromatic rings. The van der Waals surface area contributed by atoms with Gasteiger partial charge in [0.2, 0.25) is 0 Å². The third-order valence-corrected chi connectivity index (χ3v) is 6.02. The van der Waals surface area contributed by atoms with E-state index in [0.717, 1.165) is 0 Å². The Morgan fingerprint density at radius 3 is 2.15 bits per heavy atom. The van der Waals surface area contributed by atoms with Gasteiger partial charge in [-0.15, -0.1) is 0 Å². The largest absolute Gasteiger partial charge is 0.435 e. The number of rotatable bonds is 7. The van der Waals surface area contributed by atoms with Gasteiger partial charge in [-0.3, -0.25) is 9.80 Å². The number of methoxy groups -OCH3 is 1. The van der Waals surface area contributed by atoms with E-state index in [0.29, 0.717) is 21.4 Å². The van der Waals surface area contributed by atoms with E-state index in [1.165, 1.54) is 41.2 Å². The number of anilines is 2. The molecule has 0 bridgehead atoms. The van der Waals surface area contributed by atoms with Crippen molar-refractivity contribution < 1.29 is 28.2 Å². The van der Waals surface area contributed by atoms with Crippen LogP contribution in [0.1, 0.15) is 5.56 Å². The zero-order valence-electron chi connectivity index (χ0n) is 17.9. The van der Waals surface area contributed by atoms with Crippen molar-refractivity contribution in [1.29, 1.82) is 0 Å². The Morgan fingerprint density at radius 1 is 1.00 bits per heavy atom. The minimum absolute atomic E-state index is 0.0745. The maximum Gasteiger partial charge on any atom is 0.387 e. The highest BCUT2D eigenvalue weighted by Crippen LogP contribution is 2.45. The maximum atomic E-state index is 13.8. The summed E-state index contributed by atoms with van der Waals surface area (Å²) in [4.78, 5) is 16.4. The SMILES string of the molecule is COC[C@@H]1N(c2ccc(Cl)cc2)C(=O)N(c2ccc(Cl)cc2)C1(O)c1cccc(OC(F)F)c1. The predicted molar refractivity (Wildman–Crippen MR) is 126 cm³/mol. The molecule has 3 aromatic carbocycles. The van der Waals surface area contributed by atoms with Crippen molar-refractivity contribution in [2.24, 2.45) is 0 Å². The number of carbonyl (C=O) groups is 1. The molecule has 2 atom stereocenters. The van der Waals surface area contributed by atoms with Crippen molar-refractivity contribution in [3.63, 3.8) is 0 Å². The molecule has 1 N–H and O–H groups in total. The molecule has 2 amide bonds. The number of amides is 2. The predicted octanol–water partition coefficient (Wildman–Crippen LogP) is 5.90. The summed E-state index contributed by atoms with van der Waals surface area (Å²) in [7, 11) is 1.44. The van der Waals surface area contributed by atoms with Crippen LogP contribution in [0.3, 0.4) is 0 Å². The Bertz CT molecular complexity index is 1160. The number of hydrogen-bond donors (Lipinski definition) is 1. The average molecular weight is 509 g/mol. The van der Waals surface area contributed by atoms with Crippen molar-refractivity contribution in [2.45, 2.75) is 18.4 Å². The first kappa shape index (κ1) is 24.2. The summed E-state index contributed by atoms with van der Waals surface area (Å²) in [6, 6.07) is 16.9. The first-order valence-electron chi connectivity index (χ1n) is 10.2. The standard InChI is InChI=1S/C24H20Cl2F2N2O4/c1-33-14-21-24(32,15-3-2-4-20(13-15)34-22(27)28)30(19-11-7-17(26)8-12-19)23(31)29(21)18-9-5-16(25)6-10-18/h2-13,21-22,32H,14H2,1H3/t21-,24?/m0/s1. The van der Waals surface area contributed by atoms with Gasteiger partial charge < -0.3 is 14.6 Å². The Balaban J connectivity index is 1.92. The fourth-order valence-corrected chi connectivity index (χ4v) is 4.33. The summed E-state index contributed by atoms with van der Waals surface area (Å²) in [5.74, 6) is -0.162. The molecule has 1 aliphatic rings. The molecule has 4 rings (SSSR count). The molecule has 34 heavy (non-hydrogen) atoms. The van der Waals surface area contributed by atoms with Gasteiger partial charge in [-0.1, -0.05) is 35.3 Å². The van der Waals surface area contributed by atoms with Crippen LogP contribution in [0.5, 0.6) is 5.75 Å². The van der Waals surface area contributed by atoms with E-state index in [9.17, 15) is 18.7 Å². The van der Waals surface area contributed by atoms with E-state index in [-0.39, 0.29) is 17.9 Å². The Morgan fingerprint density at radius 2 is 1.59 bits per heavy atom. The molecular formula is C24H20Cl2F2N2O4. The van der Waals surface area contributed by atoms with E-state index >= 15 is 0 Å². The van der Waals surface area contributed by atoms with Crippen molar-refractivity contribution in [3.8, 4) is 5.75 Å². The lowest BCUT2D eigenvalue weighted by Gasteiger charge is -2.37. The van der Waals surface area contributed by atoms with Gasteiger partial charge in [0.05, 0.1) is 6.61 Å². The van der Waals surface area contributed by atoms with Crippen molar-refractivity contribution in [2.75, 3.05) is 23.5 Å². The van der Waals surface area contributed by atoms with Crippen LogP contribution in [-0.2, 0) is 10.5 Å². The van der Waals surface area contributed by atoms with Crippen LogP contribution < -0.4 is 14.5 Å². The molecule has 0 spiro atoms. The Hall–Kier alpha value is -2.91.